The quantitative estimate of drug-likeness (QED) is 0.200. The molecule has 1 heterocycles. The minimum atomic E-state index is -4.30. The van der Waals surface area contributed by atoms with Gasteiger partial charge < -0.3 is 24.6 Å². The minimum Gasteiger partial charge on any atom is -0.492 e. The summed E-state index contributed by atoms with van der Waals surface area (Å²) in [5.74, 6) is -4.00. The third-order valence-corrected chi connectivity index (χ3v) is 8.25. The summed E-state index contributed by atoms with van der Waals surface area (Å²) >= 11 is 0. The maximum absolute atomic E-state index is 13.5. The molecule has 0 saturated carbocycles. The first-order valence-electron chi connectivity index (χ1n) is 14.0. The summed E-state index contributed by atoms with van der Waals surface area (Å²) < 4.78 is 44.0. The molecule has 0 radical (unpaired) electrons. The SMILES string of the molecule is COc1c(NC(=O)C(=O)c2ccc(OCCN3CCOCC3)c3ccccc23)cc(C(C)(C)C)cc1NS(=O)(=O)CC(=O)O. The lowest BCUT2D eigenvalue weighted by atomic mass is 9.86. The number of Topliss-reactive ketones (excluding diaryl/α,β-unsaturated/α-hetero) is 1. The standard InChI is InChI=1S/C31H37N3O9S/c1-31(2,3)20-17-24(29(41-4)25(18-20)33-44(39,40)19-27(35)36)32-30(38)28(37)23-9-10-26(22-8-6-5-7-21(22)23)43-16-13-34-11-14-42-15-12-34/h5-10,17-18,33H,11-16,19H2,1-4H3,(H,32,38)(H,35,36). The largest absolute Gasteiger partial charge is 0.492 e. The number of nitrogens with one attached hydrogen (secondary N) is 2. The smallest absolute Gasteiger partial charge is 0.320 e. The molecular weight excluding hydrogens is 590 g/mol. The van der Waals surface area contributed by atoms with Crippen molar-refractivity contribution in [1.82, 2.24) is 4.90 Å². The van der Waals surface area contributed by atoms with Crippen molar-refractivity contribution in [2.24, 2.45) is 0 Å². The van der Waals surface area contributed by atoms with E-state index in [2.05, 4.69) is 14.9 Å². The first-order valence-corrected chi connectivity index (χ1v) is 15.7. The first-order chi connectivity index (χ1) is 20.8. The summed E-state index contributed by atoms with van der Waals surface area (Å²) in [4.78, 5) is 40.2. The van der Waals surface area contributed by atoms with Crippen molar-refractivity contribution in [1.29, 1.82) is 0 Å². The van der Waals surface area contributed by atoms with Gasteiger partial charge in [-0.2, -0.15) is 0 Å². The van der Waals surface area contributed by atoms with Crippen LogP contribution in [-0.2, 0) is 29.8 Å². The highest BCUT2D eigenvalue weighted by Gasteiger charge is 2.27. The van der Waals surface area contributed by atoms with Gasteiger partial charge in [-0.3, -0.25) is 24.0 Å². The fourth-order valence-electron chi connectivity index (χ4n) is 4.82. The van der Waals surface area contributed by atoms with Crippen molar-refractivity contribution in [2.75, 3.05) is 62.4 Å². The zero-order valence-corrected chi connectivity index (χ0v) is 26.0. The van der Waals surface area contributed by atoms with Crippen molar-refractivity contribution >= 4 is 49.8 Å². The van der Waals surface area contributed by atoms with Crippen LogP contribution in [0.2, 0.25) is 0 Å². The van der Waals surface area contributed by atoms with Crippen molar-refractivity contribution in [3.05, 3.63) is 59.7 Å². The molecule has 4 rings (SSSR count). The number of anilines is 2. The van der Waals surface area contributed by atoms with Gasteiger partial charge in [0.05, 0.1) is 31.7 Å². The van der Waals surface area contributed by atoms with Gasteiger partial charge in [0.25, 0.3) is 11.7 Å². The van der Waals surface area contributed by atoms with Crippen LogP contribution in [0.3, 0.4) is 0 Å². The molecule has 3 aromatic carbocycles. The van der Waals surface area contributed by atoms with Crippen molar-refractivity contribution in [3.8, 4) is 11.5 Å². The molecule has 1 amide bonds. The number of benzene rings is 3. The van der Waals surface area contributed by atoms with Gasteiger partial charge in [-0.15, -0.1) is 0 Å². The van der Waals surface area contributed by atoms with Crippen LogP contribution in [0.5, 0.6) is 11.5 Å². The third kappa shape index (κ3) is 8.04. The molecule has 1 saturated heterocycles. The first kappa shape index (κ1) is 32.7. The minimum absolute atomic E-state index is 0.0404. The lowest BCUT2D eigenvalue weighted by molar-refractivity contribution is -0.134. The number of carboxylic acids is 1. The van der Waals surface area contributed by atoms with Gasteiger partial charge >= 0.3 is 5.97 Å². The maximum Gasteiger partial charge on any atom is 0.320 e. The lowest BCUT2D eigenvalue weighted by Gasteiger charge is -2.26. The molecule has 12 nitrogen and oxygen atoms in total. The van der Waals surface area contributed by atoms with Crippen LogP contribution < -0.4 is 19.5 Å². The van der Waals surface area contributed by atoms with Crippen molar-refractivity contribution < 1.29 is 42.1 Å². The number of carbonyl (C=O) groups excluding carboxylic acids is 2. The summed E-state index contributed by atoms with van der Waals surface area (Å²) in [6.07, 6.45) is 0. The van der Waals surface area contributed by atoms with E-state index in [-0.39, 0.29) is 22.7 Å². The second-order valence-electron chi connectivity index (χ2n) is 11.4. The summed E-state index contributed by atoms with van der Waals surface area (Å²) in [6, 6.07) is 13.4. The number of rotatable bonds is 12. The van der Waals surface area contributed by atoms with Crippen LogP contribution in [0, 0.1) is 0 Å². The predicted octanol–water partition coefficient (Wildman–Crippen LogP) is 3.50. The van der Waals surface area contributed by atoms with E-state index in [4.69, 9.17) is 19.3 Å². The highest BCUT2D eigenvalue weighted by atomic mass is 32.2. The Labute approximate surface area is 256 Å². The molecule has 0 spiro atoms. The third-order valence-electron chi connectivity index (χ3n) is 7.09. The fourth-order valence-corrected chi connectivity index (χ4v) is 5.71. The lowest BCUT2D eigenvalue weighted by Crippen LogP contribution is -2.38. The summed E-state index contributed by atoms with van der Waals surface area (Å²) in [5, 5.41) is 12.8. The second kappa shape index (κ2) is 13.6. The Hall–Kier alpha value is -4.20. The topological polar surface area (TPSA) is 161 Å². The molecule has 0 atom stereocenters. The van der Waals surface area contributed by atoms with E-state index in [1.165, 1.54) is 13.2 Å². The number of hydrogen-bond acceptors (Lipinski definition) is 9. The number of carbonyl (C=O) groups is 3. The molecular formula is C31H37N3O9S. The average Bonchev–Trinajstić information content (AvgIpc) is 2.96. The van der Waals surface area contributed by atoms with E-state index in [1.54, 1.807) is 30.3 Å². The zero-order valence-electron chi connectivity index (χ0n) is 25.1. The van der Waals surface area contributed by atoms with Gasteiger partial charge in [0, 0.05) is 30.6 Å². The second-order valence-corrected chi connectivity index (χ2v) is 13.1. The predicted molar refractivity (Wildman–Crippen MR) is 166 cm³/mol. The molecule has 3 aromatic rings. The number of ketones is 1. The maximum atomic E-state index is 13.5. The van der Waals surface area contributed by atoms with Crippen LogP contribution in [0.4, 0.5) is 11.4 Å². The van der Waals surface area contributed by atoms with E-state index in [9.17, 15) is 22.8 Å². The van der Waals surface area contributed by atoms with Crippen LogP contribution >= 0.6 is 0 Å². The Bertz CT molecular complexity index is 1660. The number of amides is 1. The van der Waals surface area contributed by atoms with Crippen LogP contribution in [0.25, 0.3) is 10.8 Å². The van der Waals surface area contributed by atoms with Gasteiger partial charge in [0.2, 0.25) is 10.0 Å². The van der Waals surface area contributed by atoms with E-state index < -0.39 is 38.9 Å². The molecule has 1 aliphatic heterocycles. The highest BCUT2D eigenvalue weighted by Crippen LogP contribution is 2.39. The summed E-state index contributed by atoms with van der Waals surface area (Å²) in [7, 11) is -3.04. The molecule has 0 bridgehead atoms. The number of morpholine rings is 1. The number of methoxy groups -OCH3 is 1. The molecule has 44 heavy (non-hydrogen) atoms. The van der Waals surface area contributed by atoms with Crippen LogP contribution in [-0.4, -0.2) is 88.4 Å². The van der Waals surface area contributed by atoms with E-state index >= 15 is 0 Å². The molecule has 13 heteroatoms. The van der Waals surface area contributed by atoms with Crippen LogP contribution in [0.15, 0.2) is 48.5 Å². The van der Waals surface area contributed by atoms with Gasteiger partial charge in [-0.05, 0) is 40.6 Å². The van der Waals surface area contributed by atoms with Crippen LogP contribution in [0.1, 0.15) is 36.7 Å². The molecule has 0 aromatic heterocycles. The summed E-state index contributed by atoms with van der Waals surface area (Å²) in [6.45, 7) is 9.85. The van der Waals surface area contributed by atoms with Crippen molar-refractivity contribution in [2.45, 2.75) is 26.2 Å². The van der Waals surface area contributed by atoms with Gasteiger partial charge in [0.15, 0.2) is 11.5 Å². The molecule has 0 aliphatic carbocycles. The molecule has 1 aliphatic rings. The number of fused-ring (bicyclic) bond motifs is 1. The molecule has 0 unspecified atom stereocenters. The zero-order chi connectivity index (χ0) is 32.1. The number of nitrogens with zero attached hydrogens (tertiary/aromatic N) is 1. The monoisotopic (exact) mass is 627 g/mol. The van der Waals surface area contributed by atoms with Gasteiger partial charge in [0.1, 0.15) is 12.4 Å². The molecule has 236 valence electrons. The Morgan fingerprint density at radius 2 is 1.66 bits per heavy atom. The van der Waals surface area contributed by atoms with Gasteiger partial charge in [-0.1, -0.05) is 45.0 Å². The van der Waals surface area contributed by atoms with E-state index in [0.717, 1.165) is 19.6 Å². The number of carboxylic acid groups (broad SMARTS) is 1. The normalized spacial score (nSPS) is 14.2. The Morgan fingerprint density at radius 3 is 2.30 bits per heavy atom. The highest BCUT2D eigenvalue weighted by molar-refractivity contribution is 7.93. The Morgan fingerprint density at radius 1 is 1.00 bits per heavy atom. The molecule has 1 fully saturated rings. The number of hydrogen-bond donors (Lipinski definition) is 3. The fraction of sp³-hybridized carbons (Fsp3) is 0.387. The Kier molecular flexibility index (Phi) is 10.1. The number of ether oxygens (including phenoxy) is 3. The average molecular weight is 628 g/mol. The molecule has 3 N–H and O–H groups in total. The van der Waals surface area contributed by atoms with E-state index in [0.29, 0.717) is 41.9 Å². The summed E-state index contributed by atoms with van der Waals surface area (Å²) in [5.41, 5.74) is 0.202. The van der Waals surface area contributed by atoms with Crippen molar-refractivity contribution in [3.63, 3.8) is 0 Å². The van der Waals surface area contributed by atoms with E-state index in [1.807, 2.05) is 32.9 Å². The number of aliphatic carboxylic acids is 1. The Balaban J connectivity index is 1.61. The van der Waals surface area contributed by atoms with Gasteiger partial charge in [-0.25, -0.2) is 8.42 Å². The number of sulfonamides is 1.